The molecule has 2 aliphatic rings. The molecule has 0 aliphatic carbocycles. The number of hydrogen-bond donors (Lipinski definition) is 0. The second-order valence-electron chi connectivity index (χ2n) is 7.08. The summed E-state index contributed by atoms with van der Waals surface area (Å²) in [6, 6.07) is 9.44. The molecule has 1 atom stereocenters. The lowest BCUT2D eigenvalue weighted by Crippen LogP contribution is -2.28. The van der Waals surface area contributed by atoms with Crippen LogP contribution in [0.3, 0.4) is 0 Å². The minimum absolute atomic E-state index is 0.0459. The predicted octanol–water partition coefficient (Wildman–Crippen LogP) is 4.17. The summed E-state index contributed by atoms with van der Waals surface area (Å²) >= 11 is 0. The first-order valence-corrected chi connectivity index (χ1v) is 9.47. The van der Waals surface area contributed by atoms with Crippen molar-refractivity contribution in [1.82, 2.24) is 0 Å². The average Bonchev–Trinajstić information content (AvgIpc) is 2.67. The fourth-order valence-electron chi connectivity index (χ4n) is 3.60. The second-order valence-corrected chi connectivity index (χ2v) is 7.08. The van der Waals surface area contributed by atoms with Gasteiger partial charge in [-0.25, -0.2) is 0 Å². The molecule has 2 aromatic carbocycles. The summed E-state index contributed by atoms with van der Waals surface area (Å²) < 4.78 is 23.3. The number of carbonyl (C=O) groups is 1. The quantitative estimate of drug-likeness (QED) is 0.811. The van der Waals surface area contributed by atoms with Gasteiger partial charge >= 0.3 is 0 Å². The van der Waals surface area contributed by atoms with Crippen LogP contribution in [0, 0.1) is 0 Å². The van der Waals surface area contributed by atoms with E-state index >= 15 is 0 Å². The third-order valence-corrected chi connectivity index (χ3v) is 4.87. The van der Waals surface area contributed by atoms with Crippen LogP contribution >= 0.6 is 0 Å². The number of hydrogen-bond acceptors (Lipinski definition) is 5. The summed E-state index contributed by atoms with van der Waals surface area (Å²) in [4.78, 5) is 13.3. The van der Waals surface area contributed by atoms with Gasteiger partial charge in [-0.2, -0.15) is 0 Å². The van der Waals surface area contributed by atoms with Crippen molar-refractivity contribution in [3.8, 4) is 23.0 Å². The molecule has 5 nitrogen and oxygen atoms in total. The number of benzene rings is 2. The zero-order chi connectivity index (χ0) is 19.0. The Labute approximate surface area is 159 Å². The first kappa shape index (κ1) is 17.7. The van der Waals surface area contributed by atoms with Crippen LogP contribution in [0.5, 0.6) is 23.0 Å². The molecule has 0 bridgehead atoms. The van der Waals surface area contributed by atoms with Crippen LogP contribution in [-0.4, -0.2) is 31.7 Å². The highest BCUT2D eigenvalue weighted by Gasteiger charge is 2.34. The maximum absolute atomic E-state index is 13.3. The number of ketones is 1. The molecule has 2 heterocycles. The molecule has 2 aromatic rings. The Morgan fingerprint density at radius 2 is 1.93 bits per heavy atom. The number of rotatable bonds is 4. The van der Waals surface area contributed by atoms with Crippen LogP contribution in [0.2, 0.25) is 0 Å². The fraction of sp³-hybridized carbons (Fsp3) is 0.409. The molecule has 1 unspecified atom stereocenters. The average molecular weight is 368 g/mol. The molecule has 0 amide bonds. The molecule has 4 rings (SSSR count). The van der Waals surface area contributed by atoms with Gasteiger partial charge in [0, 0.05) is 11.6 Å². The summed E-state index contributed by atoms with van der Waals surface area (Å²) in [6.07, 6.45) is 0.846. The van der Waals surface area contributed by atoms with Gasteiger partial charge in [-0.05, 0) is 38.0 Å². The topological polar surface area (TPSA) is 54.0 Å². The zero-order valence-corrected chi connectivity index (χ0v) is 15.9. The highest BCUT2D eigenvalue weighted by molar-refractivity contribution is 6.05. The number of ether oxygens (including phenoxy) is 4. The standard InChI is InChI=1S/C22H24O5/c1-4-14-10-16-20(11-19(14)27-13(2)3)26-12-17(21(16)23)15-6-5-7-18-22(15)25-9-8-24-18/h5-7,10-11,13,17H,4,8-9,12H2,1-3H3. The summed E-state index contributed by atoms with van der Waals surface area (Å²) in [5.41, 5.74) is 2.44. The largest absolute Gasteiger partial charge is 0.492 e. The van der Waals surface area contributed by atoms with Gasteiger partial charge in [0.1, 0.15) is 31.3 Å². The van der Waals surface area contributed by atoms with Gasteiger partial charge in [0.2, 0.25) is 0 Å². The fourth-order valence-corrected chi connectivity index (χ4v) is 3.60. The molecular weight excluding hydrogens is 344 g/mol. The predicted molar refractivity (Wildman–Crippen MR) is 102 cm³/mol. The van der Waals surface area contributed by atoms with E-state index in [1.54, 1.807) is 0 Å². The third-order valence-electron chi connectivity index (χ3n) is 4.87. The van der Waals surface area contributed by atoms with E-state index in [-0.39, 0.29) is 18.5 Å². The number of fused-ring (bicyclic) bond motifs is 2. The molecule has 0 saturated heterocycles. The molecule has 27 heavy (non-hydrogen) atoms. The third kappa shape index (κ3) is 3.22. The van der Waals surface area contributed by atoms with Crippen LogP contribution in [0.1, 0.15) is 48.2 Å². The Hall–Kier alpha value is -2.69. The van der Waals surface area contributed by atoms with Crippen molar-refractivity contribution in [3.63, 3.8) is 0 Å². The Kier molecular flexibility index (Phi) is 4.68. The van der Waals surface area contributed by atoms with E-state index in [1.165, 1.54) is 0 Å². The number of carbonyl (C=O) groups excluding carboxylic acids is 1. The van der Waals surface area contributed by atoms with Gasteiger partial charge in [0.25, 0.3) is 0 Å². The number of Topliss-reactive ketones (excluding diaryl/α,β-unsaturated/α-hetero) is 1. The smallest absolute Gasteiger partial charge is 0.177 e. The maximum Gasteiger partial charge on any atom is 0.177 e. The molecule has 5 heteroatoms. The molecular formula is C22H24O5. The van der Waals surface area contributed by atoms with Crippen LogP contribution < -0.4 is 18.9 Å². The summed E-state index contributed by atoms with van der Waals surface area (Å²) in [5, 5.41) is 0. The monoisotopic (exact) mass is 368 g/mol. The van der Waals surface area contributed by atoms with E-state index in [1.807, 2.05) is 44.2 Å². The van der Waals surface area contributed by atoms with Gasteiger partial charge in [-0.3, -0.25) is 4.79 Å². The van der Waals surface area contributed by atoms with Crippen molar-refractivity contribution in [2.24, 2.45) is 0 Å². The van der Waals surface area contributed by atoms with Crippen molar-refractivity contribution >= 4 is 5.78 Å². The highest BCUT2D eigenvalue weighted by atomic mass is 16.6. The zero-order valence-electron chi connectivity index (χ0n) is 15.9. The second kappa shape index (κ2) is 7.14. The van der Waals surface area contributed by atoms with Gasteiger partial charge in [0.05, 0.1) is 17.6 Å². The van der Waals surface area contributed by atoms with Crippen LogP contribution in [0.4, 0.5) is 0 Å². The lowest BCUT2D eigenvalue weighted by Gasteiger charge is -2.29. The molecule has 2 aliphatic heterocycles. The molecule has 0 saturated carbocycles. The van der Waals surface area contributed by atoms with Crippen molar-refractivity contribution in [1.29, 1.82) is 0 Å². The van der Waals surface area contributed by atoms with E-state index in [0.717, 1.165) is 23.3 Å². The van der Waals surface area contributed by atoms with E-state index in [9.17, 15) is 4.79 Å². The van der Waals surface area contributed by atoms with E-state index in [4.69, 9.17) is 18.9 Å². The molecule has 142 valence electrons. The Morgan fingerprint density at radius 3 is 2.70 bits per heavy atom. The number of para-hydroxylation sites is 1. The van der Waals surface area contributed by atoms with E-state index in [0.29, 0.717) is 36.0 Å². The number of aryl methyl sites for hydroxylation is 1. The van der Waals surface area contributed by atoms with Gasteiger partial charge in [0.15, 0.2) is 17.3 Å². The first-order chi connectivity index (χ1) is 13.1. The SMILES string of the molecule is CCc1cc2c(cc1OC(C)C)OCC(c1cccc3c1OCCO3)C2=O. The van der Waals surface area contributed by atoms with Crippen LogP contribution in [0.15, 0.2) is 30.3 Å². The van der Waals surface area contributed by atoms with E-state index < -0.39 is 5.92 Å². The molecule has 0 aromatic heterocycles. The Morgan fingerprint density at radius 1 is 1.11 bits per heavy atom. The normalized spacial score (nSPS) is 18.1. The van der Waals surface area contributed by atoms with E-state index in [2.05, 4.69) is 6.92 Å². The summed E-state index contributed by atoms with van der Waals surface area (Å²) in [7, 11) is 0. The van der Waals surface area contributed by atoms with Gasteiger partial charge < -0.3 is 18.9 Å². The minimum Gasteiger partial charge on any atom is -0.492 e. The van der Waals surface area contributed by atoms with Crippen LogP contribution in [-0.2, 0) is 6.42 Å². The summed E-state index contributed by atoms with van der Waals surface area (Å²) in [6.45, 7) is 7.31. The summed E-state index contributed by atoms with van der Waals surface area (Å²) in [5.74, 6) is 2.36. The molecule has 0 fully saturated rings. The van der Waals surface area contributed by atoms with Gasteiger partial charge in [-0.15, -0.1) is 0 Å². The lowest BCUT2D eigenvalue weighted by atomic mass is 9.87. The first-order valence-electron chi connectivity index (χ1n) is 9.47. The molecule has 0 N–H and O–H groups in total. The highest BCUT2D eigenvalue weighted by Crippen LogP contribution is 2.43. The van der Waals surface area contributed by atoms with Crippen molar-refractivity contribution in [2.75, 3.05) is 19.8 Å². The Bertz CT molecular complexity index is 871. The van der Waals surface area contributed by atoms with Crippen molar-refractivity contribution in [3.05, 3.63) is 47.0 Å². The maximum atomic E-state index is 13.3. The minimum atomic E-state index is -0.407. The van der Waals surface area contributed by atoms with Crippen molar-refractivity contribution in [2.45, 2.75) is 39.2 Å². The van der Waals surface area contributed by atoms with Crippen molar-refractivity contribution < 1.29 is 23.7 Å². The Balaban J connectivity index is 1.72. The lowest BCUT2D eigenvalue weighted by molar-refractivity contribution is 0.0889. The molecule has 0 spiro atoms. The molecule has 0 radical (unpaired) electrons. The van der Waals surface area contributed by atoms with Gasteiger partial charge in [-0.1, -0.05) is 19.1 Å². The van der Waals surface area contributed by atoms with Crippen LogP contribution in [0.25, 0.3) is 0 Å².